The molecule has 20 heavy (non-hydrogen) atoms. The zero-order valence-electron chi connectivity index (χ0n) is 11.8. The Bertz CT molecular complexity index is 655. The van der Waals surface area contributed by atoms with Crippen LogP contribution in [-0.4, -0.2) is 0 Å². The number of benzene rings is 1. The number of halogens is 1. The van der Waals surface area contributed by atoms with E-state index in [1.54, 1.807) is 12.1 Å². The second-order valence-electron chi connectivity index (χ2n) is 4.89. The summed E-state index contributed by atoms with van der Waals surface area (Å²) in [5, 5.41) is 12.9. The Morgan fingerprint density at radius 2 is 2.10 bits per heavy atom. The number of rotatable bonds is 4. The van der Waals surface area contributed by atoms with Crippen molar-refractivity contribution in [1.29, 1.82) is 5.26 Å². The molecule has 1 unspecified atom stereocenters. The van der Waals surface area contributed by atoms with Gasteiger partial charge in [-0.2, -0.15) is 5.26 Å². The van der Waals surface area contributed by atoms with Gasteiger partial charge in [-0.15, -0.1) is 0 Å². The lowest BCUT2D eigenvalue weighted by Crippen LogP contribution is -2.18. The minimum absolute atomic E-state index is 0.180. The maximum absolute atomic E-state index is 8.82. The van der Waals surface area contributed by atoms with E-state index in [0.29, 0.717) is 17.1 Å². The summed E-state index contributed by atoms with van der Waals surface area (Å²) in [6.45, 7) is 6.65. The fraction of sp³-hybridized carbons (Fsp3) is 0.312. The summed E-state index contributed by atoms with van der Waals surface area (Å²) in [5.41, 5.74) is 2.72. The highest BCUT2D eigenvalue weighted by atomic mass is 35.5. The second kappa shape index (κ2) is 6.13. The van der Waals surface area contributed by atoms with E-state index < -0.39 is 0 Å². The monoisotopic (exact) mass is 288 g/mol. The minimum atomic E-state index is 0.180. The largest absolute Gasteiger partial charge is 0.466 e. The quantitative estimate of drug-likeness (QED) is 0.914. The van der Waals surface area contributed by atoms with Crippen LogP contribution in [0.1, 0.15) is 41.2 Å². The molecule has 104 valence electrons. The molecule has 1 N–H and O–H groups in total. The first-order valence-electron chi connectivity index (χ1n) is 6.50. The maximum atomic E-state index is 8.82. The van der Waals surface area contributed by atoms with Crippen molar-refractivity contribution in [1.82, 2.24) is 5.32 Å². The highest BCUT2D eigenvalue weighted by molar-refractivity contribution is 6.31. The highest BCUT2D eigenvalue weighted by Crippen LogP contribution is 2.23. The summed E-state index contributed by atoms with van der Waals surface area (Å²) in [6.07, 6.45) is 0. The van der Waals surface area contributed by atoms with Gasteiger partial charge in [-0.1, -0.05) is 17.7 Å². The van der Waals surface area contributed by atoms with Crippen LogP contribution in [0.4, 0.5) is 0 Å². The van der Waals surface area contributed by atoms with Crippen LogP contribution in [0, 0.1) is 25.2 Å². The van der Waals surface area contributed by atoms with Crippen LogP contribution in [0.15, 0.2) is 28.7 Å². The predicted molar refractivity (Wildman–Crippen MR) is 79.6 cm³/mol. The number of hydrogen-bond donors (Lipinski definition) is 1. The van der Waals surface area contributed by atoms with Crippen LogP contribution in [0.3, 0.4) is 0 Å². The minimum Gasteiger partial charge on any atom is -0.466 e. The number of nitrogens with zero attached hydrogens (tertiary/aromatic N) is 1. The van der Waals surface area contributed by atoms with Crippen LogP contribution in [-0.2, 0) is 6.54 Å². The molecule has 1 heterocycles. The number of hydrogen-bond acceptors (Lipinski definition) is 3. The zero-order chi connectivity index (χ0) is 14.7. The molecular formula is C16H17ClN2O. The Kier molecular flexibility index (Phi) is 4.49. The molecule has 0 saturated carbocycles. The molecule has 0 aliphatic rings. The van der Waals surface area contributed by atoms with E-state index >= 15 is 0 Å². The summed E-state index contributed by atoms with van der Waals surface area (Å²) < 4.78 is 5.54. The third kappa shape index (κ3) is 3.22. The van der Waals surface area contributed by atoms with E-state index in [1.807, 2.05) is 26.0 Å². The summed E-state index contributed by atoms with van der Waals surface area (Å²) in [7, 11) is 0. The Morgan fingerprint density at radius 3 is 2.65 bits per heavy atom. The standard InChI is InChI=1S/C16H17ClN2O/c1-10-6-15(12(3)20-10)11(2)19-9-14-5-4-13(8-18)7-16(14)17/h4-7,11,19H,9H2,1-3H3. The molecular weight excluding hydrogens is 272 g/mol. The lowest BCUT2D eigenvalue weighted by molar-refractivity contribution is 0.489. The van der Waals surface area contributed by atoms with Gasteiger partial charge in [0.15, 0.2) is 0 Å². The van der Waals surface area contributed by atoms with Gasteiger partial charge in [-0.25, -0.2) is 0 Å². The van der Waals surface area contributed by atoms with E-state index in [2.05, 4.69) is 18.3 Å². The maximum Gasteiger partial charge on any atom is 0.105 e. The average Bonchev–Trinajstić information content (AvgIpc) is 2.76. The molecule has 0 radical (unpaired) electrons. The normalized spacial score (nSPS) is 12.2. The van der Waals surface area contributed by atoms with Crippen LogP contribution < -0.4 is 5.32 Å². The Morgan fingerprint density at radius 1 is 1.35 bits per heavy atom. The molecule has 4 heteroatoms. The smallest absolute Gasteiger partial charge is 0.105 e. The first-order valence-corrected chi connectivity index (χ1v) is 6.88. The van der Waals surface area contributed by atoms with Gasteiger partial charge >= 0.3 is 0 Å². The van der Waals surface area contributed by atoms with E-state index in [-0.39, 0.29) is 6.04 Å². The number of furan rings is 1. The first-order chi connectivity index (χ1) is 9.51. The fourth-order valence-electron chi connectivity index (χ4n) is 2.21. The molecule has 3 nitrogen and oxygen atoms in total. The molecule has 0 bridgehead atoms. The molecule has 1 atom stereocenters. The molecule has 1 aromatic heterocycles. The van der Waals surface area contributed by atoms with Crippen LogP contribution in [0.2, 0.25) is 5.02 Å². The Labute approximate surface area is 124 Å². The van der Waals surface area contributed by atoms with Gasteiger partial charge in [-0.05, 0) is 44.5 Å². The predicted octanol–water partition coefficient (Wildman–Crippen LogP) is 4.27. The molecule has 0 aliphatic carbocycles. The summed E-state index contributed by atoms with van der Waals surface area (Å²) in [4.78, 5) is 0. The number of aryl methyl sites for hydroxylation is 2. The van der Waals surface area contributed by atoms with Gasteiger partial charge in [0.25, 0.3) is 0 Å². The van der Waals surface area contributed by atoms with Crippen molar-refractivity contribution in [2.45, 2.75) is 33.4 Å². The van der Waals surface area contributed by atoms with E-state index in [0.717, 1.165) is 22.6 Å². The van der Waals surface area contributed by atoms with Gasteiger partial charge in [-0.3, -0.25) is 0 Å². The van der Waals surface area contributed by atoms with E-state index in [9.17, 15) is 0 Å². The van der Waals surface area contributed by atoms with Gasteiger partial charge in [0, 0.05) is 23.2 Å². The summed E-state index contributed by atoms with van der Waals surface area (Å²) in [5.74, 6) is 1.86. The zero-order valence-corrected chi connectivity index (χ0v) is 12.6. The molecule has 0 amide bonds. The van der Waals surface area contributed by atoms with Crippen molar-refractivity contribution in [2.75, 3.05) is 0 Å². The third-order valence-corrected chi connectivity index (χ3v) is 3.68. The lowest BCUT2D eigenvalue weighted by Gasteiger charge is -2.14. The third-order valence-electron chi connectivity index (χ3n) is 3.33. The summed E-state index contributed by atoms with van der Waals surface area (Å²) in [6, 6.07) is 9.66. The van der Waals surface area contributed by atoms with E-state index in [4.69, 9.17) is 21.3 Å². The van der Waals surface area contributed by atoms with Gasteiger partial charge < -0.3 is 9.73 Å². The Hall–Kier alpha value is -1.76. The molecule has 0 fully saturated rings. The van der Waals surface area contributed by atoms with Crippen LogP contribution in [0.25, 0.3) is 0 Å². The van der Waals surface area contributed by atoms with Crippen LogP contribution >= 0.6 is 11.6 Å². The molecule has 0 saturated heterocycles. The van der Waals surface area contributed by atoms with Crippen molar-refractivity contribution >= 4 is 11.6 Å². The highest BCUT2D eigenvalue weighted by Gasteiger charge is 2.12. The van der Waals surface area contributed by atoms with Crippen molar-refractivity contribution in [2.24, 2.45) is 0 Å². The number of nitriles is 1. The van der Waals surface area contributed by atoms with Crippen LogP contribution in [0.5, 0.6) is 0 Å². The van der Waals surface area contributed by atoms with Gasteiger partial charge in [0.1, 0.15) is 11.5 Å². The summed E-state index contributed by atoms with van der Waals surface area (Å²) >= 11 is 6.16. The van der Waals surface area contributed by atoms with Crippen molar-refractivity contribution in [3.8, 4) is 6.07 Å². The van der Waals surface area contributed by atoms with Crippen molar-refractivity contribution in [3.63, 3.8) is 0 Å². The first kappa shape index (κ1) is 14.6. The molecule has 0 spiro atoms. The SMILES string of the molecule is Cc1cc(C(C)NCc2ccc(C#N)cc2Cl)c(C)o1. The van der Waals surface area contributed by atoms with Gasteiger partial charge in [0.2, 0.25) is 0 Å². The molecule has 2 rings (SSSR count). The average molecular weight is 289 g/mol. The molecule has 1 aromatic carbocycles. The van der Waals surface area contributed by atoms with Crippen molar-refractivity contribution in [3.05, 3.63) is 57.5 Å². The topological polar surface area (TPSA) is 49.0 Å². The number of nitrogens with one attached hydrogen (secondary N) is 1. The second-order valence-corrected chi connectivity index (χ2v) is 5.30. The van der Waals surface area contributed by atoms with E-state index in [1.165, 1.54) is 0 Å². The molecule has 2 aromatic rings. The lowest BCUT2D eigenvalue weighted by atomic mass is 10.1. The Balaban J connectivity index is 2.05. The molecule has 0 aliphatic heterocycles. The van der Waals surface area contributed by atoms with Crippen molar-refractivity contribution < 1.29 is 4.42 Å². The fourth-order valence-corrected chi connectivity index (χ4v) is 2.46. The van der Waals surface area contributed by atoms with Gasteiger partial charge in [0.05, 0.1) is 11.6 Å².